The molecule has 14 nitrogen and oxygen atoms in total. The molecule has 0 spiro atoms. The van der Waals surface area contributed by atoms with Crippen LogP contribution < -0.4 is 38.9 Å². The Bertz CT molecular complexity index is 685. The molecule has 4 amide bonds. The summed E-state index contributed by atoms with van der Waals surface area (Å²) in [7, 11) is 0. The van der Waals surface area contributed by atoms with Crippen molar-refractivity contribution in [2.24, 2.45) is 27.9 Å². The number of carboxylic acid groups (broad SMARTS) is 1. The lowest BCUT2D eigenvalue weighted by atomic mass is 10.1. The molecule has 0 aliphatic heterocycles. The summed E-state index contributed by atoms with van der Waals surface area (Å²) in [5.74, 6) is -4.25. The predicted molar refractivity (Wildman–Crippen MR) is 115 cm³/mol. The number of carbonyl (C=O) groups excluding carboxylic acids is 4. The van der Waals surface area contributed by atoms with Crippen LogP contribution in [-0.2, 0) is 24.0 Å². The molecule has 15 heteroatoms. The average Bonchev–Trinajstić information content (AvgIpc) is 2.69. The van der Waals surface area contributed by atoms with E-state index in [1.54, 1.807) is 0 Å². The fraction of sp³-hybridized carbons (Fsp3) is 0.625. The molecule has 0 saturated heterocycles. The molecule has 0 bridgehead atoms. The maximum absolute atomic E-state index is 12.2. The zero-order valence-electron chi connectivity index (χ0n) is 16.9. The van der Waals surface area contributed by atoms with Gasteiger partial charge in [0.05, 0.1) is 12.6 Å². The minimum absolute atomic E-state index is 0.00421. The van der Waals surface area contributed by atoms with Gasteiger partial charge < -0.3 is 44.0 Å². The maximum Gasteiger partial charge on any atom is 0.326 e. The van der Waals surface area contributed by atoms with Gasteiger partial charge in [-0.15, -0.1) is 0 Å². The van der Waals surface area contributed by atoms with E-state index in [1.807, 2.05) is 0 Å². The Morgan fingerprint density at radius 3 is 2.13 bits per heavy atom. The summed E-state index contributed by atoms with van der Waals surface area (Å²) >= 11 is 3.97. The normalized spacial score (nSPS) is 13.2. The van der Waals surface area contributed by atoms with Crippen molar-refractivity contribution < 1.29 is 29.1 Å². The van der Waals surface area contributed by atoms with E-state index < -0.39 is 54.3 Å². The molecule has 176 valence electrons. The van der Waals surface area contributed by atoms with Gasteiger partial charge in [0.2, 0.25) is 23.6 Å². The molecule has 0 aliphatic rings. The van der Waals surface area contributed by atoms with Gasteiger partial charge in [-0.25, -0.2) is 4.79 Å². The maximum atomic E-state index is 12.2. The summed E-state index contributed by atoms with van der Waals surface area (Å²) in [6.45, 7) is -0.325. The third-order valence-corrected chi connectivity index (χ3v) is 4.22. The number of primary amides is 1. The molecule has 3 unspecified atom stereocenters. The molecule has 31 heavy (non-hydrogen) atoms. The Morgan fingerprint density at radius 1 is 0.968 bits per heavy atom. The Balaban J connectivity index is 4.55. The van der Waals surface area contributed by atoms with Crippen LogP contribution in [0.15, 0.2) is 4.99 Å². The molecular weight excluding hydrogens is 432 g/mol. The first-order chi connectivity index (χ1) is 14.5. The summed E-state index contributed by atoms with van der Waals surface area (Å²) in [6, 6.07) is -3.35. The number of nitrogens with two attached hydrogens (primary N) is 4. The van der Waals surface area contributed by atoms with E-state index in [1.165, 1.54) is 0 Å². The standard InChI is InChI=1S/C16H30N8O6S/c17-8(3-4-11(18)25)13(27)24-10(7-31)14(28)22-6-12(26)23-9(15(29)30)2-1-5-21-16(19)20/h8-10,31H,1-7,17H2,(H2,18,25)(H,22,28)(H,23,26)(H,24,27)(H,29,30)(H4,19,20,21). The molecular formula is C16H30N8O6S. The second kappa shape index (κ2) is 14.8. The highest BCUT2D eigenvalue weighted by molar-refractivity contribution is 7.80. The van der Waals surface area contributed by atoms with Crippen molar-refractivity contribution in [3.8, 4) is 0 Å². The second-order valence-electron chi connectivity index (χ2n) is 6.48. The number of carboxylic acids is 1. The van der Waals surface area contributed by atoms with Crippen LogP contribution in [0, 0.1) is 0 Å². The quantitative estimate of drug-likeness (QED) is 0.0493. The fourth-order valence-electron chi connectivity index (χ4n) is 2.20. The van der Waals surface area contributed by atoms with Crippen LogP contribution in [0.3, 0.4) is 0 Å². The SMILES string of the molecule is NC(=O)CCC(N)C(=O)NC(CS)C(=O)NCC(=O)NC(CCCN=C(N)N)C(=O)O. The number of aliphatic carboxylic acids is 1. The zero-order chi connectivity index (χ0) is 24.0. The molecule has 3 atom stereocenters. The van der Waals surface area contributed by atoms with Crippen LogP contribution in [-0.4, -0.2) is 77.6 Å². The number of nitrogens with zero attached hydrogens (tertiary/aromatic N) is 1. The van der Waals surface area contributed by atoms with Gasteiger partial charge in [-0.05, 0) is 19.3 Å². The number of guanidine groups is 1. The summed E-state index contributed by atoms with van der Waals surface area (Å²) in [5.41, 5.74) is 21.0. The van der Waals surface area contributed by atoms with Gasteiger partial charge in [-0.3, -0.25) is 24.2 Å². The summed E-state index contributed by atoms with van der Waals surface area (Å²) in [5, 5.41) is 16.1. The van der Waals surface area contributed by atoms with E-state index in [9.17, 15) is 29.1 Å². The van der Waals surface area contributed by atoms with Crippen molar-refractivity contribution in [1.82, 2.24) is 16.0 Å². The number of hydrogen-bond donors (Lipinski definition) is 9. The molecule has 0 aromatic rings. The third-order valence-electron chi connectivity index (χ3n) is 3.86. The Kier molecular flexibility index (Phi) is 13.4. The van der Waals surface area contributed by atoms with Crippen LogP contribution in [0.4, 0.5) is 0 Å². The molecule has 0 saturated carbocycles. The fourth-order valence-corrected chi connectivity index (χ4v) is 2.46. The highest BCUT2D eigenvalue weighted by atomic mass is 32.1. The minimum atomic E-state index is -1.25. The number of amides is 4. The topological polar surface area (TPSA) is 258 Å². The van der Waals surface area contributed by atoms with E-state index in [0.717, 1.165) is 0 Å². The van der Waals surface area contributed by atoms with Gasteiger partial charge in [0.15, 0.2) is 5.96 Å². The van der Waals surface area contributed by atoms with Gasteiger partial charge in [-0.2, -0.15) is 12.6 Å². The van der Waals surface area contributed by atoms with Crippen LogP contribution >= 0.6 is 12.6 Å². The monoisotopic (exact) mass is 462 g/mol. The molecule has 0 radical (unpaired) electrons. The van der Waals surface area contributed by atoms with Gasteiger partial charge in [0.1, 0.15) is 12.1 Å². The largest absolute Gasteiger partial charge is 0.480 e. The Labute approximate surface area is 184 Å². The summed E-state index contributed by atoms with van der Waals surface area (Å²) in [4.78, 5) is 61.8. The predicted octanol–water partition coefficient (Wildman–Crippen LogP) is -4.27. The Morgan fingerprint density at radius 2 is 1.61 bits per heavy atom. The first-order valence-electron chi connectivity index (χ1n) is 9.28. The third kappa shape index (κ3) is 13.0. The number of nitrogens with one attached hydrogen (secondary N) is 3. The van der Waals surface area contributed by atoms with Crippen molar-refractivity contribution in [2.75, 3.05) is 18.8 Å². The highest BCUT2D eigenvalue weighted by Gasteiger charge is 2.24. The van der Waals surface area contributed by atoms with Gasteiger partial charge >= 0.3 is 5.97 Å². The van der Waals surface area contributed by atoms with Crippen molar-refractivity contribution in [3.63, 3.8) is 0 Å². The average molecular weight is 463 g/mol. The smallest absolute Gasteiger partial charge is 0.326 e. The summed E-state index contributed by atoms with van der Waals surface area (Å²) in [6.07, 6.45) is 0.295. The van der Waals surface area contributed by atoms with E-state index in [4.69, 9.17) is 22.9 Å². The second-order valence-corrected chi connectivity index (χ2v) is 6.85. The molecule has 0 heterocycles. The van der Waals surface area contributed by atoms with Gasteiger partial charge in [0, 0.05) is 18.7 Å². The van der Waals surface area contributed by atoms with E-state index >= 15 is 0 Å². The van der Waals surface area contributed by atoms with Crippen LogP contribution in [0.5, 0.6) is 0 Å². The number of thiol groups is 1. The number of carbonyl (C=O) groups is 5. The molecule has 12 N–H and O–H groups in total. The highest BCUT2D eigenvalue weighted by Crippen LogP contribution is 1.99. The molecule has 0 aromatic heterocycles. The van der Waals surface area contributed by atoms with E-state index in [0.29, 0.717) is 6.42 Å². The van der Waals surface area contributed by atoms with Gasteiger partial charge in [0.25, 0.3) is 0 Å². The van der Waals surface area contributed by atoms with E-state index in [2.05, 4.69) is 33.6 Å². The number of hydrogen-bond acceptors (Lipinski definition) is 8. The van der Waals surface area contributed by atoms with Crippen LogP contribution in [0.1, 0.15) is 25.7 Å². The lowest BCUT2D eigenvalue weighted by Crippen LogP contribution is -2.54. The van der Waals surface area contributed by atoms with Crippen molar-refractivity contribution in [1.29, 1.82) is 0 Å². The van der Waals surface area contributed by atoms with Gasteiger partial charge in [-0.1, -0.05) is 0 Å². The van der Waals surface area contributed by atoms with Crippen LogP contribution in [0.2, 0.25) is 0 Å². The first-order valence-corrected chi connectivity index (χ1v) is 9.91. The molecule has 0 fully saturated rings. The lowest BCUT2D eigenvalue weighted by molar-refractivity contribution is -0.142. The van der Waals surface area contributed by atoms with Crippen LogP contribution in [0.25, 0.3) is 0 Å². The van der Waals surface area contributed by atoms with E-state index in [-0.39, 0.29) is 37.5 Å². The molecule has 0 aliphatic carbocycles. The zero-order valence-corrected chi connectivity index (χ0v) is 17.8. The Hall–Kier alpha value is -3.07. The number of rotatable bonds is 15. The molecule has 0 rings (SSSR count). The minimum Gasteiger partial charge on any atom is -0.480 e. The van der Waals surface area contributed by atoms with Crippen molar-refractivity contribution in [3.05, 3.63) is 0 Å². The lowest BCUT2D eigenvalue weighted by Gasteiger charge is -2.19. The van der Waals surface area contributed by atoms with Crippen molar-refractivity contribution in [2.45, 2.75) is 43.8 Å². The van der Waals surface area contributed by atoms with Crippen molar-refractivity contribution >= 4 is 48.2 Å². The number of aliphatic imine (C=N–C) groups is 1. The summed E-state index contributed by atoms with van der Waals surface area (Å²) < 4.78 is 0. The molecule has 0 aromatic carbocycles. The first kappa shape index (κ1) is 27.9.